The molecule has 1 fully saturated rings. The van der Waals surface area contributed by atoms with Crippen LogP contribution in [-0.4, -0.2) is 15.3 Å². The van der Waals surface area contributed by atoms with E-state index in [1.165, 1.54) is 0 Å². The van der Waals surface area contributed by atoms with Crippen LogP contribution in [0.25, 0.3) is 0 Å². The van der Waals surface area contributed by atoms with Gasteiger partial charge in [0.1, 0.15) is 0 Å². The lowest BCUT2D eigenvalue weighted by molar-refractivity contribution is -0.385. The maximum Gasteiger partial charge on any atom is 0.285 e. The summed E-state index contributed by atoms with van der Waals surface area (Å²) in [5.74, 6) is 0.00205. The molecule has 0 aromatic carbocycles. The smallest absolute Gasteiger partial charge is 0.285 e. The van der Waals surface area contributed by atoms with Crippen LogP contribution in [0.5, 0.6) is 0 Å². The zero-order valence-corrected chi connectivity index (χ0v) is 10.6. The molecule has 6 nitrogen and oxygen atoms in total. The van der Waals surface area contributed by atoms with Gasteiger partial charge in [-0.05, 0) is 12.8 Å². The minimum Gasteiger partial charge on any atom is -0.301 e. The number of Topliss-reactive ketones (excluding diaryl/α,β-unsaturated/α-hetero) is 1. The summed E-state index contributed by atoms with van der Waals surface area (Å²) in [6, 6.07) is 2.29. The first-order chi connectivity index (χ1) is 9.08. The molecule has 19 heavy (non-hydrogen) atoms. The van der Waals surface area contributed by atoms with E-state index in [0.717, 1.165) is 55.0 Å². The van der Waals surface area contributed by atoms with E-state index >= 15 is 0 Å². The molecular formula is C13H16N2O4. The fourth-order valence-corrected chi connectivity index (χ4v) is 2.47. The summed E-state index contributed by atoms with van der Waals surface area (Å²) in [5, 5.41) is 10.7. The summed E-state index contributed by atoms with van der Waals surface area (Å²) < 4.78 is 1.13. The highest BCUT2D eigenvalue weighted by molar-refractivity contribution is 5.80. The van der Waals surface area contributed by atoms with E-state index in [4.69, 9.17) is 0 Å². The molecule has 1 heterocycles. The lowest BCUT2D eigenvalue weighted by Crippen LogP contribution is -2.28. The summed E-state index contributed by atoms with van der Waals surface area (Å²) in [5.41, 5.74) is -0.550. The predicted octanol–water partition coefficient (Wildman–Crippen LogP) is 1.91. The van der Waals surface area contributed by atoms with Crippen molar-refractivity contribution in [3.8, 4) is 0 Å². The highest BCUT2D eigenvalue weighted by atomic mass is 16.6. The standard InChI is InChI=1S/C13H16N2O4/c16-12(10-4-2-1-3-5-10)9-14-8-11(15(18)19)6-7-13(14)17/h6-8,10H,1-5,9H2. The van der Waals surface area contributed by atoms with E-state index in [2.05, 4.69) is 0 Å². The highest BCUT2D eigenvalue weighted by Gasteiger charge is 2.21. The van der Waals surface area contributed by atoms with Gasteiger partial charge in [-0.2, -0.15) is 0 Å². The fourth-order valence-electron chi connectivity index (χ4n) is 2.47. The average Bonchev–Trinajstić information content (AvgIpc) is 2.42. The Morgan fingerprint density at radius 1 is 1.32 bits per heavy atom. The number of hydrogen-bond donors (Lipinski definition) is 0. The Balaban J connectivity index is 2.13. The van der Waals surface area contributed by atoms with E-state index in [1.54, 1.807) is 0 Å². The van der Waals surface area contributed by atoms with E-state index in [1.807, 2.05) is 0 Å². The SMILES string of the molecule is O=C(Cn1cc([N+](=O)[O-])ccc1=O)C1CCCCC1. The summed E-state index contributed by atoms with van der Waals surface area (Å²) in [4.78, 5) is 33.8. The second kappa shape index (κ2) is 5.77. The molecule has 0 unspecified atom stereocenters. The van der Waals surface area contributed by atoms with E-state index in [-0.39, 0.29) is 29.5 Å². The van der Waals surface area contributed by atoms with Crippen molar-refractivity contribution < 1.29 is 9.72 Å². The third kappa shape index (κ3) is 3.27. The molecule has 0 spiro atoms. The van der Waals surface area contributed by atoms with Gasteiger partial charge in [-0.1, -0.05) is 19.3 Å². The normalized spacial score (nSPS) is 16.2. The molecule has 1 aliphatic carbocycles. The van der Waals surface area contributed by atoms with Crippen molar-refractivity contribution in [1.29, 1.82) is 0 Å². The average molecular weight is 264 g/mol. The lowest BCUT2D eigenvalue weighted by Gasteiger charge is -2.20. The third-order valence-corrected chi connectivity index (χ3v) is 3.57. The van der Waals surface area contributed by atoms with Gasteiger partial charge in [0.2, 0.25) is 0 Å². The summed E-state index contributed by atoms with van der Waals surface area (Å²) >= 11 is 0. The number of pyridine rings is 1. The molecule has 0 atom stereocenters. The summed E-state index contributed by atoms with van der Waals surface area (Å²) in [7, 11) is 0. The van der Waals surface area contributed by atoms with Crippen LogP contribution < -0.4 is 5.56 Å². The Hall–Kier alpha value is -1.98. The molecular weight excluding hydrogens is 248 g/mol. The monoisotopic (exact) mass is 264 g/mol. The molecule has 6 heteroatoms. The number of nitro groups is 1. The van der Waals surface area contributed by atoms with E-state index in [9.17, 15) is 19.7 Å². The largest absolute Gasteiger partial charge is 0.301 e. The van der Waals surface area contributed by atoms with Gasteiger partial charge in [-0.15, -0.1) is 0 Å². The number of carbonyl (C=O) groups excluding carboxylic acids is 1. The molecule has 102 valence electrons. The van der Waals surface area contributed by atoms with Gasteiger partial charge in [0.05, 0.1) is 17.7 Å². The fraction of sp³-hybridized carbons (Fsp3) is 0.538. The summed E-state index contributed by atoms with van der Waals surface area (Å²) in [6.45, 7) is -0.0643. The number of nitrogens with zero attached hydrogens (tertiary/aromatic N) is 2. The van der Waals surface area contributed by atoms with E-state index < -0.39 is 4.92 Å². The third-order valence-electron chi connectivity index (χ3n) is 3.57. The molecule has 1 aromatic heterocycles. The van der Waals surface area contributed by atoms with Crippen molar-refractivity contribution >= 4 is 11.5 Å². The quantitative estimate of drug-likeness (QED) is 0.614. The maximum absolute atomic E-state index is 12.1. The van der Waals surface area contributed by atoms with E-state index in [0.29, 0.717) is 0 Å². The van der Waals surface area contributed by atoms with Gasteiger partial charge in [-0.25, -0.2) is 0 Å². The molecule has 0 bridgehead atoms. The number of aromatic nitrogens is 1. The second-order valence-corrected chi connectivity index (χ2v) is 4.91. The number of carbonyl (C=O) groups is 1. The molecule has 1 aliphatic rings. The highest BCUT2D eigenvalue weighted by Crippen LogP contribution is 2.24. The maximum atomic E-state index is 12.1. The van der Waals surface area contributed by atoms with Crippen molar-refractivity contribution in [2.75, 3.05) is 0 Å². The van der Waals surface area contributed by atoms with Gasteiger partial charge >= 0.3 is 0 Å². The molecule has 0 N–H and O–H groups in total. The predicted molar refractivity (Wildman–Crippen MR) is 68.9 cm³/mol. The number of rotatable bonds is 4. The Kier molecular flexibility index (Phi) is 4.09. The van der Waals surface area contributed by atoms with Crippen molar-refractivity contribution in [3.05, 3.63) is 38.8 Å². The van der Waals surface area contributed by atoms with Crippen molar-refractivity contribution in [2.45, 2.75) is 38.6 Å². The number of hydrogen-bond acceptors (Lipinski definition) is 4. The van der Waals surface area contributed by atoms with Gasteiger partial charge in [0.15, 0.2) is 5.78 Å². The molecule has 1 saturated carbocycles. The van der Waals surface area contributed by atoms with Crippen LogP contribution in [0.3, 0.4) is 0 Å². The van der Waals surface area contributed by atoms with Crippen LogP contribution in [0.4, 0.5) is 5.69 Å². The Labute approximate surface area is 110 Å². The molecule has 2 rings (SSSR count). The second-order valence-electron chi connectivity index (χ2n) is 4.91. The zero-order chi connectivity index (χ0) is 13.8. The first-order valence-corrected chi connectivity index (χ1v) is 6.45. The molecule has 0 aliphatic heterocycles. The van der Waals surface area contributed by atoms with Crippen LogP contribution in [0.15, 0.2) is 23.1 Å². The minimum atomic E-state index is -0.568. The minimum absolute atomic E-state index is 0.0000813. The lowest BCUT2D eigenvalue weighted by atomic mass is 9.86. The van der Waals surface area contributed by atoms with Crippen LogP contribution in [0, 0.1) is 16.0 Å². The molecule has 0 saturated heterocycles. The van der Waals surface area contributed by atoms with Crippen LogP contribution in [0.1, 0.15) is 32.1 Å². The van der Waals surface area contributed by atoms with Gasteiger partial charge in [0, 0.05) is 18.1 Å². The molecule has 0 radical (unpaired) electrons. The Morgan fingerprint density at radius 2 is 2.00 bits per heavy atom. The first kappa shape index (κ1) is 13.5. The molecule has 0 amide bonds. The van der Waals surface area contributed by atoms with Gasteiger partial charge in [-0.3, -0.25) is 19.7 Å². The zero-order valence-electron chi connectivity index (χ0n) is 10.6. The topological polar surface area (TPSA) is 82.2 Å². The van der Waals surface area contributed by atoms with Gasteiger partial charge in [0.25, 0.3) is 11.2 Å². The van der Waals surface area contributed by atoms with Crippen molar-refractivity contribution in [2.24, 2.45) is 5.92 Å². The summed E-state index contributed by atoms with van der Waals surface area (Å²) in [6.07, 6.45) is 6.11. The first-order valence-electron chi connectivity index (χ1n) is 6.45. The van der Waals surface area contributed by atoms with Crippen molar-refractivity contribution in [1.82, 2.24) is 4.57 Å². The number of ketones is 1. The van der Waals surface area contributed by atoms with Gasteiger partial charge < -0.3 is 4.57 Å². The van der Waals surface area contributed by atoms with Crippen LogP contribution in [-0.2, 0) is 11.3 Å². The van der Waals surface area contributed by atoms with Crippen molar-refractivity contribution in [3.63, 3.8) is 0 Å². The van der Waals surface area contributed by atoms with Crippen LogP contribution in [0.2, 0.25) is 0 Å². The Morgan fingerprint density at radius 3 is 2.63 bits per heavy atom. The Bertz CT molecular complexity index is 544. The van der Waals surface area contributed by atoms with Crippen LogP contribution >= 0.6 is 0 Å². The molecule has 1 aromatic rings.